The van der Waals surface area contributed by atoms with Gasteiger partial charge in [-0.25, -0.2) is 0 Å². The minimum atomic E-state index is 0.288. The Bertz CT molecular complexity index is 599. The Labute approximate surface area is 125 Å². The molecule has 5 heteroatoms. The summed E-state index contributed by atoms with van der Waals surface area (Å²) in [6.45, 7) is 0. The molecule has 0 saturated carbocycles. The van der Waals surface area contributed by atoms with Gasteiger partial charge in [-0.2, -0.15) is 0 Å². The third-order valence-electron chi connectivity index (χ3n) is 2.51. The van der Waals surface area contributed by atoms with Gasteiger partial charge in [0, 0.05) is 4.47 Å². The summed E-state index contributed by atoms with van der Waals surface area (Å²) in [7, 11) is 1.62. The van der Waals surface area contributed by atoms with Crippen molar-refractivity contribution in [2.75, 3.05) is 7.11 Å². The maximum absolute atomic E-state index is 5.80. The van der Waals surface area contributed by atoms with E-state index >= 15 is 0 Å². The summed E-state index contributed by atoms with van der Waals surface area (Å²) in [5.74, 6) is 2.08. The molecule has 2 aromatic carbocycles. The van der Waals surface area contributed by atoms with E-state index in [0.29, 0.717) is 17.1 Å². The molecule has 2 aromatic rings. The minimum absolute atomic E-state index is 0.288. The van der Waals surface area contributed by atoms with Crippen LogP contribution >= 0.6 is 28.1 Å². The molecule has 0 spiro atoms. The lowest BCUT2D eigenvalue weighted by Crippen LogP contribution is -2.11. The summed E-state index contributed by atoms with van der Waals surface area (Å²) in [5.41, 5.74) is 6.40. The van der Waals surface area contributed by atoms with Gasteiger partial charge in [0.05, 0.1) is 12.7 Å². The molecule has 0 fully saturated rings. The van der Waals surface area contributed by atoms with Gasteiger partial charge >= 0.3 is 0 Å². The van der Waals surface area contributed by atoms with E-state index in [1.54, 1.807) is 7.11 Å². The first-order chi connectivity index (χ1) is 9.11. The predicted molar refractivity (Wildman–Crippen MR) is 83.1 cm³/mol. The fraction of sp³-hybridized carbons (Fsp3) is 0.0714. The molecule has 2 N–H and O–H groups in total. The minimum Gasteiger partial charge on any atom is -0.497 e. The maximum atomic E-state index is 5.80. The molecule has 0 heterocycles. The van der Waals surface area contributed by atoms with Crippen molar-refractivity contribution in [1.29, 1.82) is 0 Å². The molecule has 0 atom stereocenters. The SMILES string of the molecule is COc1ccc(Oc2cccc(Br)c2C(N)=S)cc1. The number of hydrogen-bond acceptors (Lipinski definition) is 3. The zero-order chi connectivity index (χ0) is 13.8. The topological polar surface area (TPSA) is 44.5 Å². The van der Waals surface area contributed by atoms with Crippen LogP contribution in [0.4, 0.5) is 0 Å². The van der Waals surface area contributed by atoms with Crippen molar-refractivity contribution in [2.24, 2.45) is 5.73 Å². The monoisotopic (exact) mass is 337 g/mol. The van der Waals surface area contributed by atoms with Crippen LogP contribution in [0, 0.1) is 0 Å². The second-order valence-corrected chi connectivity index (χ2v) is 5.05. The zero-order valence-electron chi connectivity index (χ0n) is 10.2. The van der Waals surface area contributed by atoms with Gasteiger partial charge in [-0.15, -0.1) is 0 Å². The van der Waals surface area contributed by atoms with Crippen LogP contribution < -0.4 is 15.2 Å². The van der Waals surface area contributed by atoms with Crippen LogP contribution in [0.25, 0.3) is 0 Å². The van der Waals surface area contributed by atoms with Crippen LogP contribution in [0.1, 0.15) is 5.56 Å². The second-order valence-electron chi connectivity index (χ2n) is 3.75. The fourth-order valence-electron chi connectivity index (χ4n) is 1.60. The van der Waals surface area contributed by atoms with Crippen molar-refractivity contribution < 1.29 is 9.47 Å². The lowest BCUT2D eigenvalue weighted by Gasteiger charge is -2.12. The van der Waals surface area contributed by atoms with E-state index < -0.39 is 0 Å². The molecular weight excluding hydrogens is 326 g/mol. The van der Waals surface area contributed by atoms with Crippen molar-refractivity contribution in [3.05, 3.63) is 52.5 Å². The van der Waals surface area contributed by atoms with E-state index in [1.165, 1.54) is 0 Å². The molecule has 0 aromatic heterocycles. The molecule has 0 saturated heterocycles. The van der Waals surface area contributed by atoms with Gasteiger partial charge in [0.2, 0.25) is 0 Å². The number of hydrogen-bond donors (Lipinski definition) is 1. The Morgan fingerprint density at radius 3 is 2.32 bits per heavy atom. The summed E-state index contributed by atoms with van der Waals surface area (Å²) < 4.78 is 11.7. The van der Waals surface area contributed by atoms with E-state index in [4.69, 9.17) is 27.4 Å². The van der Waals surface area contributed by atoms with Crippen LogP contribution in [0.15, 0.2) is 46.9 Å². The average Bonchev–Trinajstić information content (AvgIpc) is 2.39. The lowest BCUT2D eigenvalue weighted by molar-refractivity contribution is 0.413. The molecule has 98 valence electrons. The Hall–Kier alpha value is -1.59. The molecule has 0 aliphatic rings. The van der Waals surface area contributed by atoms with Crippen molar-refractivity contribution in [2.45, 2.75) is 0 Å². The van der Waals surface area contributed by atoms with E-state index in [1.807, 2.05) is 42.5 Å². The Kier molecular flexibility index (Phi) is 4.39. The highest BCUT2D eigenvalue weighted by atomic mass is 79.9. The van der Waals surface area contributed by atoms with Crippen LogP contribution in [0.2, 0.25) is 0 Å². The van der Waals surface area contributed by atoms with Crippen molar-refractivity contribution in [3.8, 4) is 17.2 Å². The first-order valence-electron chi connectivity index (χ1n) is 5.52. The van der Waals surface area contributed by atoms with Crippen molar-refractivity contribution >= 4 is 33.1 Å². The molecular formula is C14H12BrNO2S. The van der Waals surface area contributed by atoms with Gasteiger partial charge in [-0.05, 0) is 52.3 Å². The lowest BCUT2D eigenvalue weighted by atomic mass is 10.2. The van der Waals surface area contributed by atoms with Crippen LogP contribution in [0.5, 0.6) is 17.2 Å². The summed E-state index contributed by atoms with van der Waals surface area (Å²) >= 11 is 8.46. The van der Waals surface area contributed by atoms with Gasteiger partial charge < -0.3 is 15.2 Å². The summed E-state index contributed by atoms with van der Waals surface area (Å²) in [6, 6.07) is 12.9. The molecule has 0 amide bonds. The fourth-order valence-corrected chi connectivity index (χ4v) is 2.50. The first kappa shape index (κ1) is 13.8. The Morgan fingerprint density at radius 2 is 1.74 bits per heavy atom. The zero-order valence-corrected chi connectivity index (χ0v) is 12.6. The molecule has 2 rings (SSSR count). The Morgan fingerprint density at radius 1 is 1.11 bits per heavy atom. The van der Waals surface area contributed by atoms with E-state index in [-0.39, 0.29) is 4.99 Å². The number of thiocarbonyl (C=S) groups is 1. The molecule has 0 bridgehead atoms. The number of halogens is 1. The predicted octanol–water partition coefficient (Wildman–Crippen LogP) is 3.88. The van der Waals surface area contributed by atoms with Gasteiger partial charge in [0.1, 0.15) is 22.2 Å². The summed E-state index contributed by atoms with van der Waals surface area (Å²) in [6.07, 6.45) is 0. The third kappa shape index (κ3) is 3.24. The highest BCUT2D eigenvalue weighted by Gasteiger charge is 2.11. The molecule has 3 nitrogen and oxygen atoms in total. The first-order valence-corrected chi connectivity index (χ1v) is 6.72. The van der Waals surface area contributed by atoms with Crippen molar-refractivity contribution in [1.82, 2.24) is 0 Å². The third-order valence-corrected chi connectivity index (χ3v) is 3.37. The smallest absolute Gasteiger partial charge is 0.138 e. The van der Waals surface area contributed by atoms with Gasteiger partial charge in [0.25, 0.3) is 0 Å². The molecule has 0 radical (unpaired) electrons. The number of methoxy groups -OCH3 is 1. The van der Waals surface area contributed by atoms with Crippen LogP contribution in [-0.4, -0.2) is 12.1 Å². The quantitative estimate of drug-likeness (QED) is 0.859. The molecule has 0 unspecified atom stereocenters. The average molecular weight is 338 g/mol. The number of rotatable bonds is 4. The van der Waals surface area contributed by atoms with Gasteiger partial charge in [-0.3, -0.25) is 0 Å². The highest BCUT2D eigenvalue weighted by Crippen LogP contribution is 2.31. The van der Waals surface area contributed by atoms with Crippen molar-refractivity contribution in [3.63, 3.8) is 0 Å². The highest BCUT2D eigenvalue weighted by molar-refractivity contribution is 9.10. The van der Waals surface area contributed by atoms with Gasteiger partial charge in [-0.1, -0.05) is 18.3 Å². The largest absolute Gasteiger partial charge is 0.497 e. The molecule has 0 aliphatic carbocycles. The summed E-state index contributed by atoms with van der Waals surface area (Å²) in [4.78, 5) is 0.288. The molecule has 0 aliphatic heterocycles. The number of benzene rings is 2. The van der Waals surface area contributed by atoms with E-state index in [9.17, 15) is 0 Å². The summed E-state index contributed by atoms with van der Waals surface area (Å²) in [5, 5.41) is 0. The van der Waals surface area contributed by atoms with E-state index in [0.717, 1.165) is 10.2 Å². The number of nitrogens with two attached hydrogens (primary N) is 1. The van der Waals surface area contributed by atoms with E-state index in [2.05, 4.69) is 15.9 Å². The van der Waals surface area contributed by atoms with Gasteiger partial charge in [0.15, 0.2) is 0 Å². The second kappa shape index (κ2) is 6.04. The molecule has 19 heavy (non-hydrogen) atoms. The Balaban J connectivity index is 2.32. The normalized spacial score (nSPS) is 10.0. The maximum Gasteiger partial charge on any atom is 0.138 e. The standard InChI is InChI=1S/C14H12BrNO2S/c1-17-9-5-7-10(8-6-9)18-12-4-2-3-11(15)13(12)14(16)19/h2-8H,1H3,(H2,16,19). The van der Waals surface area contributed by atoms with Crippen LogP contribution in [0.3, 0.4) is 0 Å². The number of ether oxygens (including phenoxy) is 2. The van der Waals surface area contributed by atoms with Crippen LogP contribution in [-0.2, 0) is 0 Å².